The number of hydrogen-bond acceptors (Lipinski definition) is 5. The van der Waals surface area contributed by atoms with Crippen molar-refractivity contribution >= 4 is 11.9 Å². The summed E-state index contributed by atoms with van der Waals surface area (Å²) in [6.07, 6.45) is 16.4. The summed E-state index contributed by atoms with van der Waals surface area (Å²) in [4.78, 5) is 7.21. The van der Waals surface area contributed by atoms with E-state index in [1.54, 1.807) is 0 Å². The fraction of sp³-hybridized carbons (Fsp3) is 0.750. The van der Waals surface area contributed by atoms with Crippen LogP contribution in [0.3, 0.4) is 0 Å². The van der Waals surface area contributed by atoms with Crippen LogP contribution in [-0.2, 0) is 4.74 Å². The van der Waals surface area contributed by atoms with Gasteiger partial charge in [0.15, 0.2) is 0 Å². The molecule has 2 aliphatic heterocycles. The Balaban J connectivity index is 1.44. The van der Waals surface area contributed by atoms with Gasteiger partial charge in [-0.2, -0.15) is 5.10 Å². The Morgan fingerprint density at radius 3 is 2.45 bits per heavy atom. The minimum atomic E-state index is 0.609. The average Bonchev–Trinajstić information content (AvgIpc) is 2.71. The van der Waals surface area contributed by atoms with Crippen molar-refractivity contribution in [2.45, 2.75) is 52.4 Å². The van der Waals surface area contributed by atoms with Gasteiger partial charge in [-0.1, -0.05) is 12.2 Å². The van der Waals surface area contributed by atoms with Crippen molar-refractivity contribution in [2.24, 2.45) is 27.3 Å². The monoisotopic (exact) mass is 400 g/mol. The number of likely N-dealkylation sites (tertiary alicyclic amines) is 1. The molecule has 0 aromatic rings. The third-order valence-electron chi connectivity index (χ3n) is 7.10. The molecule has 1 spiro atoms. The molecule has 2 heterocycles. The highest BCUT2D eigenvalue weighted by Gasteiger charge is 2.44. The molecule has 0 N–H and O–H groups in total. The molecular weight excluding hydrogens is 360 g/mol. The van der Waals surface area contributed by atoms with E-state index in [2.05, 4.69) is 33.2 Å². The maximum Gasteiger partial charge on any atom is 0.0817 e. The van der Waals surface area contributed by atoms with Crippen LogP contribution in [0, 0.1) is 17.3 Å². The second-order valence-electron chi connectivity index (χ2n) is 9.06. The van der Waals surface area contributed by atoms with Gasteiger partial charge in [0.25, 0.3) is 0 Å². The molecule has 0 aromatic heterocycles. The number of aliphatic imine (C=N–C) groups is 1. The van der Waals surface area contributed by atoms with E-state index < -0.39 is 0 Å². The molecule has 5 heteroatoms. The maximum atomic E-state index is 5.51. The van der Waals surface area contributed by atoms with Crippen molar-refractivity contribution in [3.8, 4) is 0 Å². The number of nitrogens with zero attached hydrogens (tertiary/aromatic N) is 4. The van der Waals surface area contributed by atoms with E-state index in [1.807, 2.05) is 39.2 Å². The van der Waals surface area contributed by atoms with Crippen LogP contribution in [0.25, 0.3) is 0 Å². The lowest BCUT2D eigenvalue weighted by molar-refractivity contribution is -0.00887. The first-order valence-electron chi connectivity index (χ1n) is 11.4. The van der Waals surface area contributed by atoms with E-state index in [4.69, 9.17) is 4.74 Å². The van der Waals surface area contributed by atoms with Crippen molar-refractivity contribution in [1.82, 2.24) is 9.91 Å². The van der Waals surface area contributed by atoms with Gasteiger partial charge in [-0.15, -0.1) is 0 Å². The second kappa shape index (κ2) is 10.5. The minimum absolute atomic E-state index is 0.609. The molecule has 3 rings (SSSR count). The van der Waals surface area contributed by atoms with Crippen molar-refractivity contribution in [1.29, 1.82) is 0 Å². The SMILES string of the molecule is C/C=N\N(C)/C(=C/C)C(/C=C\C1CC2(CCN(CC3CCOCC3)CC2)C1)=NC. The van der Waals surface area contributed by atoms with Gasteiger partial charge in [-0.3, -0.25) is 10.0 Å². The lowest BCUT2D eigenvalue weighted by Gasteiger charge is -2.52. The summed E-state index contributed by atoms with van der Waals surface area (Å²) in [5.74, 6) is 1.56. The molecule has 0 aromatic carbocycles. The topological polar surface area (TPSA) is 40.4 Å². The molecule has 5 nitrogen and oxygen atoms in total. The molecule has 162 valence electrons. The Morgan fingerprint density at radius 2 is 1.86 bits per heavy atom. The van der Waals surface area contributed by atoms with E-state index in [1.165, 1.54) is 58.2 Å². The molecule has 0 atom stereocenters. The first-order chi connectivity index (χ1) is 14.1. The smallest absolute Gasteiger partial charge is 0.0817 e. The largest absolute Gasteiger partial charge is 0.381 e. The van der Waals surface area contributed by atoms with Gasteiger partial charge >= 0.3 is 0 Å². The second-order valence-corrected chi connectivity index (χ2v) is 9.06. The normalized spacial score (nSPS) is 25.2. The summed E-state index contributed by atoms with van der Waals surface area (Å²) in [6.45, 7) is 9.78. The fourth-order valence-corrected chi connectivity index (χ4v) is 5.34. The van der Waals surface area contributed by atoms with E-state index in [0.29, 0.717) is 11.3 Å². The zero-order valence-corrected chi connectivity index (χ0v) is 18.9. The molecule has 29 heavy (non-hydrogen) atoms. The molecular formula is C24H40N4O. The fourth-order valence-electron chi connectivity index (χ4n) is 5.34. The Kier molecular flexibility index (Phi) is 8.07. The summed E-state index contributed by atoms with van der Waals surface area (Å²) in [7, 11) is 3.84. The number of allylic oxidation sites excluding steroid dienone is 3. The van der Waals surface area contributed by atoms with Crippen LogP contribution in [0.5, 0.6) is 0 Å². The predicted octanol–water partition coefficient (Wildman–Crippen LogP) is 4.37. The number of hydrogen-bond donors (Lipinski definition) is 0. The molecule has 0 radical (unpaired) electrons. The van der Waals surface area contributed by atoms with Crippen LogP contribution in [0.2, 0.25) is 0 Å². The van der Waals surface area contributed by atoms with Gasteiger partial charge in [-0.05, 0) is 88.8 Å². The number of ether oxygens (including phenoxy) is 1. The molecule has 0 amide bonds. The van der Waals surface area contributed by atoms with Crippen LogP contribution in [0.15, 0.2) is 34.0 Å². The van der Waals surface area contributed by atoms with Gasteiger partial charge in [0, 0.05) is 40.1 Å². The van der Waals surface area contributed by atoms with Gasteiger partial charge in [0.2, 0.25) is 0 Å². The molecule has 2 saturated heterocycles. The Morgan fingerprint density at radius 1 is 1.17 bits per heavy atom. The zero-order chi connectivity index (χ0) is 20.7. The highest BCUT2D eigenvalue weighted by atomic mass is 16.5. The van der Waals surface area contributed by atoms with Crippen molar-refractivity contribution in [2.75, 3.05) is 46.9 Å². The summed E-state index contributed by atoms with van der Waals surface area (Å²) in [5.41, 5.74) is 2.67. The van der Waals surface area contributed by atoms with Crippen molar-refractivity contribution < 1.29 is 4.74 Å². The van der Waals surface area contributed by atoms with Gasteiger partial charge in [0.05, 0.1) is 11.4 Å². The third-order valence-corrected chi connectivity index (χ3v) is 7.10. The first-order valence-corrected chi connectivity index (χ1v) is 11.4. The Hall–Kier alpha value is -1.46. The van der Waals surface area contributed by atoms with Crippen molar-refractivity contribution in [3.05, 3.63) is 23.9 Å². The molecule has 1 saturated carbocycles. The number of piperidine rings is 1. The molecule has 0 unspecified atom stereocenters. The quantitative estimate of drug-likeness (QED) is 0.470. The van der Waals surface area contributed by atoms with Gasteiger partial charge < -0.3 is 9.64 Å². The predicted molar refractivity (Wildman–Crippen MR) is 123 cm³/mol. The van der Waals surface area contributed by atoms with Crippen LogP contribution in [0.4, 0.5) is 0 Å². The number of rotatable bonds is 7. The third kappa shape index (κ3) is 5.79. The molecule has 3 aliphatic rings. The van der Waals surface area contributed by atoms with E-state index in [0.717, 1.165) is 30.5 Å². The van der Waals surface area contributed by atoms with Crippen LogP contribution in [0.1, 0.15) is 52.4 Å². The van der Waals surface area contributed by atoms with E-state index in [9.17, 15) is 0 Å². The van der Waals surface area contributed by atoms with Crippen LogP contribution < -0.4 is 0 Å². The van der Waals surface area contributed by atoms with Crippen LogP contribution >= 0.6 is 0 Å². The highest BCUT2D eigenvalue weighted by Crippen LogP contribution is 2.53. The Labute approximate surface area is 177 Å². The van der Waals surface area contributed by atoms with E-state index in [-0.39, 0.29) is 0 Å². The molecule has 3 fully saturated rings. The van der Waals surface area contributed by atoms with Crippen molar-refractivity contribution in [3.63, 3.8) is 0 Å². The lowest BCUT2D eigenvalue weighted by atomic mass is 9.57. The number of hydrazone groups is 1. The lowest BCUT2D eigenvalue weighted by Crippen LogP contribution is -2.48. The zero-order valence-electron chi connectivity index (χ0n) is 18.9. The highest BCUT2D eigenvalue weighted by molar-refractivity contribution is 6.07. The summed E-state index contributed by atoms with van der Waals surface area (Å²) in [6, 6.07) is 0. The van der Waals surface area contributed by atoms with Crippen LogP contribution in [-0.4, -0.2) is 68.8 Å². The minimum Gasteiger partial charge on any atom is -0.381 e. The van der Waals surface area contributed by atoms with E-state index >= 15 is 0 Å². The first kappa shape index (κ1) is 22.2. The van der Waals surface area contributed by atoms with Gasteiger partial charge in [0.1, 0.15) is 0 Å². The average molecular weight is 401 g/mol. The maximum absolute atomic E-state index is 5.51. The standard InChI is InChI=1S/C24H40N4O/c1-5-23(27(4)26-6-2)22(25-3)8-7-21-17-24(18-21)11-13-28(14-12-24)19-20-9-15-29-16-10-20/h5-8,20-21H,9-19H2,1-4H3/b8-7-,23-5+,25-22?,26-6-. The summed E-state index contributed by atoms with van der Waals surface area (Å²) >= 11 is 0. The molecule has 0 bridgehead atoms. The molecule has 1 aliphatic carbocycles. The summed E-state index contributed by atoms with van der Waals surface area (Å²) < 4.78 is 5.51. The summed E-state index contributed by atoms with van der Waals surface area (Å²) in [5, 5.41) is 6.25. The van der Waals surface area contributed by atoms with Gasteiger partial charge in [-0.25, -0.2) is 0 Å². The Bertz CT molecular complexity index is 629.